The standard InChI is InChI=1S/C25H24N4O2/c1-30-20-12-18(13-21(15-20)31-2)27-24(25-14-19-7-5-6-10-29(19)28-25)11-17-16-26-23-9-4-3-8-22(17)23/h3-10,12-16,24,26-27H,11H2,1-2H3. The van der Waals surface area contributed by atoms with E-state index >= 15 is 0 Å². The highest BCUT2D eigenvalue weighted by Crippen LogP contribution is 2.31. The predicted molar refractivity (Wildman–Crippen MR) is 123 cm³/mol. The third-order valence-corrected chi connectivity index (χ3v) is 5.54. The number of pyridine rings is 1. The molecular formula is C25H24N4O2. The van der Waals surface area contributed by atoms with E-state index in [1.54, 1.807) is 14.2 Å². The zero-order chi connectivity index (χ0) is 21.2. The molecule has 5 rings (SSSR count). The highest BCUT2D eigenvalue weighted by molar-refractivity contribution is 5.83. The Morgan fingerprint density at radius 3 is 2.52 bits per heavy atom. The maximum absolute atomic E-state index is 5.45. The van der Waals surface area contributed by atoms with Crippen molar-refractivity contribution >= 4 is 22.1 Å². The smallest absolute Gasteiger partial charge is 0.124 e. The molecule has 0 aliphatic rings. The fourth-order valence-electron chi connectivity index (χ4n) is 3.97. The molecule has 5 aromatic rings. The van der Waals surface area contributed by atoms with E-state index in [0.717, 1.165) is 40.3 Å². The van der Waals surface area contributed by atoms with Crippen LogP contribution >= 0.6 is 0 Å². The molecular weight excluding hydrogens is 388 g/mol. The lowest BCUT2D eigenvalue weighted by Gasteiger charge is -2.19. The number of ether oxygens (including phenoxy) is 2. The summed E-state index contributed by atoms with van der Waals surface area (Å²) in [4.78, 5) is 3.38. The van der Waals surface area contributed by atoms with Crippen molar-refractivity contribution in [1.29, 1.82) is 0 Å². The number of nitrogens with zero attached hydrogens (tertiary/aromatic N) is 2. The average molecular weight is 412 g/mol. The normalized spacial score (nSPS) is 12.2. The highest BCUT2D eigenvalue weighted by atomic mass is 16.5. The maximum Gasteiger partial charge on any atom is 0.124 e. The van der Waals surface area contributed by atoms with Gasteiger partial charge in [0.15, 0.2) is 0 Å². The quantitative estimate of drug-likeness (QED) is 0.384. The molecule has 0 fully saturated rings. The van der Waals surface area contributed by atoms with Crippen LogP contribution < -0.4 is 14.8 Å². The monoisotopic (exact) mass is 412 g/mol. The van der Waals surface area contributed by atoms with E-state index in [1.807, 2.05) is 47.1 Å². The average Bonchev–Trinajstić information content (AvgIpc) is 3.42. The van der Waals surface area contributed by atoms with Crippen LogP contribution in [0, 0.1) is 0 Å². The summed E-state index contributed by atoms with van der Waals surface area (Å²) in [5, 5.41) is 9.72. The molecule has 1 atom stereocenters. The van der Waals surface area contributed by atoms with Crippen molar-refractivity contribution in [3.05, 3.63) is 90.4 Å². The first kappa shape index (κ1) is 19.1. The summed E-state index contributed by atoms with van der Waals surface area (Å²) in [6, 6.07) is 22.3. The number of benzene rings is 2. The number of fused-ring (bicyclic) bond motifs is 2. The van der Waals surface area contributed by atoms with Gasteiger partial charge in [0.1, 0.15) is 11.5 Å². The summed E-state index contributed by atoms with van der Waals surface area (Å²) in [6.45, 7) is 0. The van der Waals surface area contributed by atoms with E-state index in [1.165, 1.54) is 10.9 Å². The summed E-state index contributed by atoms with van der Waals surface area (Å²) in [6.07, 6.45) is 4.82. The minimum Gasteiger partial charge on any atom is -0.497 e. The summed E-state index contributed by atoms with van der Waals surface area (Å²) in [7, 11) is 3.31. The fourth-order valence-corrected chi connectivity index (χ4v) is 3.97. The molecule has 0 spiro atoms. The van der Waals surface area contributed by atoms with Crippen LogP contribution in [-0.2, 0) is 6.42 Å². The molecule has 0 aliphatic heterocycles. The van der Waals surface area contributed by atoms with Gasteiger partial charge in [0.2, 0.25) is 0 Å². The maximum atomic E-state index is 5.45. The van der Waals surface area contributed by atoms with Crippen molar-refractivity contribution in [2.75, 3.05) is 19.5 Å². The number of aromatic amines is 1. The number of nitrogens with one attached hydrogen (secondary N) is 2. The molecule has 0 bridgehead atoms. The van der Waals surface area contributed by atoms with Crippen LogP contribution in [0.3, 0.4) is 0 Å². The summed E-state index contributed by atoms with van der Waals surface area (Å²) < 4.78 is 12.8. The third-order valence-electron chi connectivity index (χ3n) is 5.54. The Bertz CT molecular complexity index is 1280. The minimum atomic E-state index is -0.0454. The Morgan fingerprint density at radius 1 is 0.968 bits per heavy atom. The first-order valence-electron chi connectivity index (χ1n) is 10.2. The van der Waals surface area contributed by atoms with E-state index in [0.29, 0.717) is 0 Å². The van der Waals surface area contributed by atoms with Gasteiger partial charge in [-0.1, -0.05) is 24.3 Å². The second kappa shape index (κ2) is 8.07. The van der Waals surface area contributed by atoms with Crippen LogP contribution in [-0.4, -0.2) is 28.8 Å². The number of methoxy groups -OCH3 is 2. The summed E-state index contributed by atoms with van der Waals surface area (Å²) in [5.74, 6) is 1.48. The van der Waals surface area contributed by atoms with Crippen molar-refractivity contribution in [3.8, 4) is 11.5 Å². The van der Waals surface area contributed by atoms with Crippen molar-refractivity contribution in [2.45, 2.75) is 12.5 Å². The zero-order valence-corrected chi connectivity index (χ0v) is 17.5. The Balaban J connectivity index is 1.55. The first-order chi connectivity index (χ1) is 15.2. The number of hydrogen-bond donors (Lipinski definition) is 2. The molecule has 2 aromatic carbocycles. The molecule has 2 N–H and O–H groups in total. The van der Waals surface area contributed by atoms with Crippen molar-refractivity contribution in [3.63, 3.8) is 0 Å². The molecule has 0 saturated carbocycles. The van der Waals surface area contributed by atoms with Crippen LogP contribution in [0.5, 0.6) is 11.5 Å². The SMILES string of the molecule is COc1cc(NC(Cc2c[nH]c3ccccc23)c2cc3ccccn3n2)cc(OC)c1. The van der Waals surface area contributed by atoms with Crippen molar-refractivity contribution in [1.82, 2.24) is 14.6 Å². The van der Waals surface area contributed by atoms with E-state index in [4.69, 9.17) is 14.6 Å². The van der Waals surface area contributed by atoms with E-state index < -0.39 is 0 Å². The highest BCUT2D eigenvalue weighted by Gasteiger charge is 2.19. The van der Waals surface area contributed by atoms with Gasteiger partial charge in [-0.15, -0.1) is 0 Å². The van der Waals surface area contributed by atoms with E-state index in [-0.39, 0.29) is 6.04 Å². The second-order valence-corrected chi connectivity index (χ2v) is 7.50. The zero-order valence-electron chi connectivity index (χ0n) is 17.5. The van der Waals surface area contributed by atoms with Gasteiger partial charge < -0.3 is 19.8 Å². The molecule has 0 aliphatic carbocycles. The Kier molecular flexibility index (Phi) is 4.96. The fraction of sp³-hybridized carbons (Fsp3) is 0.160. The Labute approximate surface area is 180 Å². The number of H-pyrrole nitrogens is 1. The van der Waals surface area contributed by atoms with Crippen LogP contribution in [0.1, 0.15) is 17.3 Å². The van der Waals surface area contributed by atoms with Gasteiger partial charge >= 0.3 is 0 Å². The lowest BCUT2D eigenvalue weighted by Crippen LogP contribution is -2.14. The molecule has 156 valence electrons. The van der Waals surface area contributed by atoms with Gasteiger partial charge in [0.05, 0.1) is 31.5 Å². The van der Waals surface area contributed by atoms with Gasteiger partial charge in [-0.25, -0.2) is 4.52 Å². The minimum absolute atomic E-state index is 0.0454. The number of aromatic nitrogens is 3. The molecule has 1 unspecified atom stereocenters. The van der Waals surface area contributed by atoms with Gasteiger partial charge in [-0.05, 0) is 29.8 Å². The van der Waals surface area contributed by atoms with Crippen LogP contribution in [0.15, 0.2) is 79.1 Å². The van der Waals surface area contributed by atoms with Crippen LogP contribution in [0.4, 0.5) is 5.69 Å². The number of rotatable bonds is 7. The lowest BCUT2D eigenvalue weighted by atomic mass is 10.0. The molecule has 0 radical (unpaired) electrons. The molecule has 6 nitrogen and oxygen atoms in total. The summed E-state index contributed by atoms with van der Waals surface area (Å²) >= 11 is 0. The number of para-hydroxylation sites is 1. The molecule has 3 aromatic heterocycles. The predicted octanol–water partition coefficient (Wildman–Crippen LogP) is 5.23. The van der Waals surface area contributed by atoms with Gasteiger partial charge in [-0.2, -0.15) is 5.10 Å². The van der Waals surface area contributed by atoms with Gasteiger partial charge in [0.25, 0.3) is 0 Å². The molecule has 6 heteroatoms. The molecule has 3 heterocycles. The third kappa shape index (κ3) is 3.80. The number of anilines is 1. The largest absolute Gasteiger partial charge is 0.497 e. The Morgan fingerprint density at radius 2 is 1.74 bits per heavy atom. The van der Waals surface area contributed by atoms with E-state index in [2.05, 4.69) is 46.8 Å². The molecule has 0 saturated heterocycles. The van der Waals surface area contributed by atoms with E-state index in [9.17, 15) is 0 Å². The van der Waals surface area contributed by atoms with Crippen molar-refractivity contribution in [2.24, 2.45) is 0 Å². The second-order valence-electron chi connectivity index (χ2n) is 7.50. The first-order valence-corrected chi connectivity index (χ1v) is 10.2. The molecule has 31 heavy (non-hydrogen) atoms. The molecule has 0 amide bonds. The van der Waals surface area contributed by atoms with Crippen LogP contribution in [0.25, 0.3) is 16.4 Å². The topological polar surface area (TPSA) is 63.6 Å². The van der Waals surface area contributed by atoms with Crippen LogP contribution in [0.2, 0.25) is 0 Å². The van der Waals surface area contributed by atoms with Gasteiger partial charge in [0, 0.05) is 53.6 Å². The van der Waals surface area contributed by atoms with Crippen molar-refractivity contribution < 1.29 is 9.47 Å². The number of hydrogen-bond acceptors (Lipinski definition) is 4. The van der Waals surface area contributed by atoms with Gasteiger partial charge in [-0.3, -0.25) is 0 Å². The lowest BCUT2D eigenvalue weighted by molar-refractivity contribution is 0.394. The summed E-state index contributed by atoms with van der Waals surface area (Å²) in [5.41, 5.74) is 5.32. The Hall–Kier alpha value is -3.93.